The number of aryl methyl sites for hydroxylation is 1. The number of halogens is 1. The molecule has 0 aliphatic carbocycles. The zero-order valence-electron chi connectivity index (χ0n) is 10.00. The fraction of sp³-hybridized carbons (Fsp3) is 0.273. The van der Waals surface area contributed by atoms with Crippen LogP contribution in [0.4, 0.5) is 10.1 Å². The van der Waals surface area contributed by atoms with Crippen LogP contribution in [0.2, 0.25) is 0 Å². The molecule has 1 heterocycles. The van der Waals surface area contributed by atoms with E-state index in [1.165, 1.54) is 0 Å². The lowest BCUT2D eigenvalue weighted by Crippen LogP contribution is -2.00. The van der Waals surface area contributed by atoms with Gasteiger partial charge in [0.1, 0.15) is 5.82 Å². The highest BCUT2D eigenvalue weighted by atomic mass is 19.1. The van der Waals surface area contributed by atoms with E-state index in [2.05, 4.69) is 10.1 Å². The molecule has 0 aliphatic heterocycles. The van der Waals surface area contributed by atoms with Crippen LogP contribution in [0.15, 0.2) is 22.7 Å². The molecule has 0 spiro atoms. The minimum absolute atomic E-state index is 0.155. The van der Waals surface area contributed by atoms with Crippen molar-refractivity contribution < 1.29 is 18.6 Å². The van der Waals surface area contributed by atoms with E-state index in [9.17, 15) is 14.5 Å². The van der Waals surface area contributed by atoms with E-state index in [0.29, 0.717) is 12.2 Å². The van der Waals surface area contributed by atoms with E-state index in [0.717, 1.165) is 18.2 Å². The average Bonchev–Trinajstić information content (AvgIpc) is 2.84. The first-order valence-corrected chi connectivity index (χ1v) is 5.48. The van der Waals surface area contributed by atoms with Crippen LogP contribution in [0.1, 0.15) is 18.6 Å². The molecule has 0 N–H and O–H groups in total. The molecule has 1 aromatic heterocycles. The van der Waals surface area contributed by atoms with Crippen molar-refractivity contribution in [3.63, 3.8) is 0 Å². The van der Waals surface area contributed by atoms with Crippen molar-refractivity contribution in [3.8, 4) is 5.75 Å². The van der Waals surface area contributed by atoms with Crippen LogP contribution in [0.25, 0.3) is 0 Å². The third-order valence-electron chi connectivity index (χ3n) is 2.30. The molecule has 0 aliphatic rings. The van der Waals surface area contributed by atoms with E-state index in [4.69, 9.17) is 9.26 Å². The normalized spacial score (nSPS) is 10.4. The number of ether oxygens (including phenoxy) is 1. The standard InChI is InChI=1S/C11H10FN3O4/c1-2-10-13-11(19-14-10)6-18-9-5-7(12)3-4-8(9)15(16)17/h3-5H,2,6H2,1H3. The first-order chi connectivity index (χ1) is 9.10. The molecule has 0 amide bonds. The van der Waals surface area contributed by atoms with Crippen molar-refractivity contribution in [1.82, 2.24) is 10.1 Å². The van der Waals surface area contributed by atoms with Crippen LogP contribution in [-0.4, -0.2) is 15.1 Å². The third-order valence-corrected chi connectivity index (χ3v) is 2.30. The molecule has 7 nitrogen and oxygen atoms in total. The number of nitrogens with zero attached hydrogens (tertiary/aromatic N) is 3. The van der Waals surface area contributed by atoms with Gasteiger partial charge in [-0.25, -0.2) is 4.39 Å². The second kappa shape index (κ2) is 5.42. The van der Waals surface area contributed by atoms with Gasteiger partial charge in [0.25, 0.3) is 5.89 Å². The zero-order chi connectivity index (χ0) is 13.8. The summed E-state index contributed by atoms with van der Waals surface area (Å²) in [5.74, 6) is -0.121. The van der Waals surface area contributed by atoms with Crippen LogP contribution in [-0.2, 0) is 13.0 Å². The molecule has 2 aromatic rings. The van der Waals surface area contributed by atoms with Gasteiger partial charge >= 0.3 is 5.69 Å². The first-order valence-electron chi connectivity index (χ1n) is 5.48. The molecule has 0 bridgehead atoms. The summed E-state index contributed by atoms with van der Waals surface area (Å²) in [6, 6.07) is 2.97. The highest BCUT2D eigenvalue weighted by molar-refractivity contribution is 5.46. The number of benzene rings is 1. The number of aromatic nitrogens is 2. The fourth-order valence-corrected chi connectivity index (χ4v) is 1.39. The fourth-order valence-electron chi connectivity index (χ4n) is 1.39. The summed E-state index contributed by atoms with van der Waals surface area (Å²) < 4.78 is 23.0. The van der Waals surface area contributed by atoms with Gasteiger partial charge < -0.3 is 9.26 Å². The van der Waals surface area contributed by atoms with E-state index in [1.807, 2.05) is 6.92 Å². The van der Waals surface area contributed by atoms with Gasteiger partial charge in [0, 0.05) is 18.6 Å². The number of hydrogen-bond acceptors (Lipinski definition) is 6. The Labute approximate surface area is 107 Å². The molecule has 8 heteroatoms. The highest BCUT2D eigenvalue weighted by Gasteiger charge is 2.17. The van der Waals surface area contributed by atoms with Gasteiger partial charge in [-0.15, -0.1) is 0 Å². The summed E-state index contributed by atoms with van der Waals surface area (Å²) >= 11 is 0. The van der Waals surface area contributed by atoms with Gasteiger partial charge in [0.2, 0.25) is 5.75 Å². The summed E-state index contributed by atoms with van der Waals surface area (Å²) in [5, 5.41) is 14.4. The number of hydrogen-bond donors (Lipinski definition) is 0. The molecule has 1 aromatic carbocycles. The van der Waals surface area contributed by atoms with E-state index < -0.39 is 10.7 Å². The zero-order valence-corrected chi connectivity index (χ0v) is 10.00. The van der Waals surface area contributed by atoms with E-state index >= 15 is 0 Å². The molecule has 2 rings (SSSR count). The van der Waals surface area contributed by atoms with Crippen molar-refractivity contribution in [2.45, 2.75) is 20.0 Å². The summed E-state index contributed by atoms with van der Waals surface area (Å²) in [6.07, 6.45) is 0.601. The lowest BCUT2D eigenvalue weighted by Gasteiger charge is -2.03. The first kappa shape index (κ1) is 12.9. The van der Waals surface area contributed by atoms with Gasteiger partial charge in [-0.05, 0) is 6.07 Å². The van der Waals surface area contributed by atoms with Crippen molar-refractivity contribution in [2.75, 3.05) is 0 Å². The van der Waals surface area contributed by atoms with Crippen LogP contribution >= 0.6 is 0 Å². The maximum absolute atomic E-state index is 13.0. The van der Waals surface area contributed by atoms with E-state index in [1.54, 1.807) is 0 Å². The predicted molar refractivity (Wildman–Crippen MR) is 61.1 cm³/mol. The lowest BCUT2D eigenvalue weighted by molar-refractivity contribution is -0.386. The van der Waals surface area contributed by atoms with Crippen LogP contribution < -0.4 is 4.74 Å². The number of nitro groups is 1. The molecule has 0 fully saturated rings. The monoisotopic (exact) mass is 267 g/mol. The largest absolute Gasteiger partial charge is 0.477 e. The summed E-state index contributed by atoms with van der Waals surface area (Å²) in [7, 11) is 0. The maximum atomic E-state index is 13.0. The predicted octanol–water partition coefficient (Wildman–Crippen LogP) is 2.26. The van der Waals surface area contributed by atoms with Gasteiger partial charge in [0.05, 0.1) is 4.92 Å². The summed E-state index contributed by atoms with van der Waals surface area (Å²) in [5.41, 5.74) is -0.323. The molecule has 0 unspecified atom stereocenters. The van der Waals surface area contributed by atoms with Crippen molar-refractivity contribution in [1.29, 1.82) is 0 Å². The Morgan fingerprint density at radius 3 is 2.95 bits per heavy atom. The lowest BCUT2D eigenvalue weighted by atomic mass is 10.3. The molecule has 0 saturated heterocycles. The average molecular weight is 267 g/mol. The summed E-state index contributed by atoms with van der Waals surface area (Å²) in [4.78, 5) is 14.1. The van der Waals surface area contributed by atoms with Crippen molar-refractivity contribution >= 4 is 5.69 Å². The van der Waals surface area contributed by atoms with Crippen LogP contribution in [0.3, 0.4) is 0 Å². The van der Waals surface area contributed by atoms with Crippen LogP contribution in [0, 0.1) is 15.9 Å². The van der Waals surface area contributed by atoms with Crippen molar-refractivity contribution in [2.24, 2.45) is 0 Å². The molecule has 0 saturated carbocycles. The molecular formula is C11H10FN3O4. The Morgan fingerprint density at radius 2 is 2.32 bits per heavy atom. The second-order valence-electron chi connectivity index (χ2n) is 3.62. The Hall–Kier alpha value is -2.51. The number of rotatable bonds is 5. The molecule has 0 radical (unpaired) electrons. The molecule has 19 heavy (non-hydrogen) atoms. The molecule has 100 valence electrons. The topological polar surface area (TPSA) is 91.3 Å². The number of nitro benzene ring substituents is 1. The van der Waals surface area contributed by atoms with Gasteiger partial charge in [-0.2, -0.15) is 4.98 Å². The minimum atomic E-state index is -0.653. The second-order valence-corrected chi connectivity index (χ2v) is 3.62. The van der Waals surface area contributed by atoms with Gasteiger partial charge in [0.15, 0.2) is 12.4 Å². The Bertz CT molecular complexity index is 599. The maximum Gasteiger partial charge on any atom is 0.311 e. The third kappa shape index (κ3) is 3.03. The smallest absolute Gasteiger partial charge is 0.311 e. The highest BCUT2D eigenvalue weighted by Crippen LogP contribution is 2.28. The van der Waals surface area contributed by atoms with Gasteiger partial charge in [-0.1, -0.05) is 12.1 Å². The van der Waals surface area contributed by atoms with Crippen LogP contribution in [0.5, 0.6) is 5.75 Å². The SMILES string of the molecule is CCc1noc(COc2cc(F)ccc2[N+](=O)[O-])n1. The minimum Gasteiger partial charge on any atom is -0.477 e. The Kier molecular flexibility index (Phi) is 3.69. The van der Waals surface area contributed by atoms with Crippen molar-refractivity contribution in [3.05, 3.63) is 45.8 Å². The van der Waals surface area contributed by atoms with Gasteiger partial charge in [-0.3, -0.25) is 10.1 Å². The Morgan fingerprint density at radius 1 is 1.53 bits per heavy atom. The molecule has 0 atom stereocenters. The summed E-state index contributed by atoms with van der Waals surface area (Å²) in [6.45, 7) is 1.70. The molecular weight excluding hydrogens is 257 g/mol. The Balaban J connectivity index is 2.14. The quantitative estimate of drug-likeness (QED) is 0.609. The van der Waals surface area contributed by atoms with E-state index in [-0.39, 0.29) is 23.9 Å².